The van der Waals surface area contributed by atoms with Crippen molar-refractivity contribution in [2.45, 2.75) is 25.3 Å². The van der Waals surface area contributed by atoms with E-state index in [1.54, 1.807) is 30.0 Å². The zero-order valence-corrected chi connectivity index (χ0v) is 21.4. The fraction of sp³-hybridized carbons (Fsp3) is 0.310. The van der Waals surface area contributed by atoms with E-state index in [2.05, 4.69) is 6.58 Å². The summed E-state index contributed by atoms with van der Waals surface area (Å²) in [6.45, 7) is 6.59. The molecule has 0 radical (unpaired) electrons. The maximum absolute atomic E-state index is 13.3. The van der Waals surface area contributed by atoms with Gasteiger partial charge < -0.3 is 14.5 Å². The molecular formula is C29H33ClN2O3. The molecule has 1 aliphatic heterocycles. The summed E-state index contributed by atoms with van der Waals surface area (Å²) in [5.41, 5.74) is 3.17. The summed E-state index contributed by atoms with van der Waals surface area (Å²) in [7, 11) is 3.41. The molecule has 5 nitrogen and oxygen atoms in total. The van der Waals surface area contributed by atoms with Crippen LogP contribution in [0.1, 0.15) is 18.9 Å². The van der Waals surface area contributed by atoms with Gasteiger partial charge in [0.1, 0.15) is 11.3 Å². The molecule has 2 aromatic rings. The fourth-order valence-electron chi connectivity index (χ4n) is 4.31. The van der Waals surface area contributed by atoms with E-state index in [4.69, 9.17) is 16.3 Å². The first-order valence-corrected chi connectivity index (χ1v) is 12.2. The molecule has 1 heterocycles. The summed E-state index contributed by atoms with van der Waals surface area (Å²) >= 11 is 5.75. The molecule has 0 spiro atoms. The number of alkyl halides is 1. The molecule has 184 valence electrons. The van der Waals surface area contributed by atoms with E-state index in [9.17, 15) is 9.59 Å². The molecule has 0 N–H and O–H groups in total. The standard InChI is InChI=1S/C29H33ClN2O3/c1-5-7-23(8-6-18-30)21-31(3)28(34)29(2)17-19-32(29)27(33)20-22-9-11-24(12-10-22)25-13-15-26(35-4)16-14-25/h5-16H,1,17-21H2,2-4H3/b8-6-,23-7+. The Balaban J connectivity index is 1.64. The topological polar surface area (TPSA) is 49.9 Å². The maximum atomic E-state index is 13.3. The van der Waals surface area contributed by atoms with Gasteiger partial charge in [0.2, 0.25) is 11.8 Å². The Labute approximate surface area is 213 Å². The van der Waals surface area contributed by atoms with Crippen LogP contribution in [0, 0.1) is 0 Å². The minimum atomic E-state index is -0.829. The number of hydrogen-bond acceptors (Lipinski definition) is 3. The highest BCUT2D eigenvalue weighted by atomic mass is 35.5. The smallest absolute Gasteiger partial charge is 0.248 e. The minimum absolute atomic E-state index is 0.0402. The molecule has 1 fully saturated rings. The number of allylic oxidation sites excluding steroid dienone is 3. The van der Waals surface area contributed by atoms with Gasteiger partial charge in [-0.1, -0.05) is 67.3 Å². The van der Waals surface area contributed by atoms with Gasteiger partial charge in [-0.25, -0.2) is 0 Å². The number of likely N-dealkylation sites (tertiary alicyclic amines) is 1. The van der Waals surface area contributed by atoms with Crippen molar-refractivity contribution < 1.29 is 14.3 Å². The molecule has 0 saturated carbocycles. The highest BCUT2D eigenvalue weighted by Crippen LogP contribution is 2.33. The van der Waals surface area contributed by atoms with Crippen LogP contribution in [0.3, 0.4) is 0 Å². The summed E-state index contributed by atoms with van der Waals surface area (Å²) in [5, 5.41) is 0. The third-order valence-corrected chi connectivity index (χ3v) is 6.61. The largest absolute Gasteiger partial charge is 0.497 e. The van der Waals surface area contributed by atoms with Crippen LogP contribution in [-0.4, -0.2) is 60.3 Å². The van der Waals surface area contributed by atoms with Crippen molar-refractivity contribution in [2.24, 2.45) is 0 Å². The molecule has 0 bridgehead atoms. The van der Waals surface area contributed by atoms with E-state index >= 15 is 0 Å². The Morgan fingerprint density at radius 3 is 2.29 bits per heavy atom. The fourth-order valence-corrected chi connectivity index (χ4v) is 4.40. The molecular weight excluding hydrogens is 460 g/mol. The van der Waals surface area contributed by atoms with Crippen molar-refractivity contribution in [2.75, 3.05) is 33.1 Å². The number of rotatable bonds is 10. The average Bonchev–Trinajstić information content (AvgIpc) is 2.86. The summed E-state index contributed by atoms with van der Waals surface area (Å²) in [5.74, 6) is 1.10. The first-order valence-electron chi connectivity index (χ1n) is 11.7. The van der Waals surface area contributed by atoms with Crippen molar-refractivity contribution >= 4 is 23.4 Å². The van der Waals surface area contributed by atoms with Gasteiger partial charge in [0.25, 0.3) is 0 Å². The van der Waals surface area contributed by atoms with Gasteiger partial charge in [-0.05, 0) is 47.7 Å². The second-order valence-electron chi connectivity index (χ2n) is 8.87. The Hall–Kier alpha value is -3.31. The predicted octanol–water partition coefficient (Wildman–Crippen LogP) is 5.26. The van der Waals surface area contributed by atoms with Gasteiger partial charge in [-0.2, -0.15) is 0 Å². The molecule has 2 aromatic carbocycles. The lowest BCUT2D eigenvalue weighted by atomic mass is 9.84. The van der Waals surface area contributed by atoms with E-state index in [1.165, 1.54) is 0 Å². The quantitative estimate of drug-likeness (QED) is 0.335. The van der Waals surface area contributed by atoms with Gasteiger partial charge >= 0.3 is 0 Å². The Morgan fingerprint density at radius 2 is 1.77 bits per heavy atom. The second kappa shape index (κ2) is 11.9. The number of amides is 2. The number of benzene rings is 2. The first-order chi connectivity index (χ1) is 16.8. The molecule has 3 rings (SSSR count). The molecule has 35 heavy (non-hydrogen) atoms. The van der Waals surface area contributed by atoms with Crippen molar-refractivity contribution in [3.05, 3.63) is 90.6 Å². The van der Waals surface area contributed by atoms with E-state index in [0.29, 0.717) is 25.4 Å². The number of ether oxygens (including phenoxy) is 1. The summed E-state index contributed by atoms with van der Waals surface area (Å²) in [4.78, 5) is 29.8. The first kappa shape index (κ1) is 26.3. The second-order valence-corrected chi connectivity index (χ2v) is 9.18. The Morgan fingerprint density at radius 1 is 1.14 bits per heavy atom. The zero-order valence-electron chi connectivity index (χ0n) is 20.7. The number of carbonyl (C=O) groups excluding carboxylic acids is 2. The molecule has 1 saturated heterocycles. The van der Waals surface area contributed by atoms with Crippen LogP contribution in [0.4, 0.5) is 0 Å². The number of likely N-dealkylation sites (N-methyl/N-ethyl adjacent to an activating group) is 1. The van der Waals surface area contributed by atoms with Crippen LogP contribution < -0.4 is 4.74 Å². The lowest BCUT2D eigenvalue weighted by molar-refractivity contribution is -0.162. The number of nitrogens with zero attached hydrogens (tertiary/aromatic N) is 2. The molecule has 1 unspecified atom stereocenters. The van der Waals surface area contributed by atoms with E-state index < -0.39 is 5.54 Å². The Kier molecular flexibility index (Phi) is 8.94. The van der Waals surface area contributed by atoms with Crippen molar-refractivity contribution in [1.82, 2.24) is 9.80 Å². The van der Waals surface area contributed by atoms with Crippen LogP contribution in [0.5, 0.6) is 5.75 Å². The summed E-state index contributed by atoms with van der Waals surface area (Å²) < 4.78 is 5.22. The number of methoxy groups -OCH3 is 1. The average molecular weight is 493 g/mol. The molecule has 1 aliphatic rings. The Bertz CT molecular complexity index is 1110. The lowest BCUT2D eigenvalue weighted by Crippen LogP contribution is -2.67. The molecule has 0 aromatic heterocycles. The number of halogens is 1. The van der Waals surface area contributed by atoms with Crippen molar-refractivity contribution in [1.29, 1.82) is 0 Å². The number of hydrogen-bond donors (Lipinski definition) is 0. The van der Waals surface area contributed by atoms with Gasteiger partial charge in [0.05, 0.1) is 13.5 Å². The van der Waals surface area contributed by atoms with Crippen LogP contribution >= 0.6 is 11.6 Å². The van der Waals surface area contributed by atoms with Crippen LogP contribution in [0.2, 0.25) is 0 Å². The summed E-state index contributed by atoms with van der Waals surface area (Å²) in [6.07, 6.45) is 8.17. The molecule has 2 amide bonds. The van der Waals surface area contributed by atoms with Gasteiger partial charge in [-0.15, -0.1) is 11.6 Å². The van der Waals surface area contributed by atoms with Crippen LogP contribution in [0.15, 0.2) is 85.0 Å². The van der Waals surface area contributed by atoms with E-state index in [-0.39, 0.29) is 18.2 Å². The van der Waals surface area contributed by atoms with Crippen molar-refractivity contribution in [3.63, 3.8) is 0 Å². The van der Waals surface area contributed by atoms with Crippen LogP contribution in [-0.2, 0) is 16.0 Å². The molecule has 0 aliphatic carbocycles. The highest BCUT2D eigenvalue weighted by molar-refractivity contribution is 6.18. The highest BCUT2D eigenvalue weighted by Gasteiger charge is 2.50. The van der Waals surface area contributed by atoms with Gasteiger partial charge in [-0.3, -0.25) is 9.59 Å². The normalized spacial score (nSPS) is 17.7. The van der Waals surface area contributed by atoms with E-state index in [1.807, 2.05) is 73.7 Å². The maximum Gasteiger partial charge on any atom is 0.248 e. The minimum Gasteiger partial charge on any atom is -0.497 e. The molecule has 6 heteroatoms. The predicted molar refractivity (Wildman–Crippen MR) is 143 cm³/mol. The van der Waals surface area contributed by atoms with Gasteiger partial charge in [0, 0.05) is 26.0 Å². The summed E-state index contributed by atoms with van der Waals surface area (Å²) in [6, 6.07) is 15.8. The monoisotopic (exact) mass is 492 g/mol. The lowest BCUT2D eigenvalue weighted by Gasteiger charge is -2.50. The third kappa shape index (κ3) is 6.23. The van der Waals surface area contributed by atoms with Crippen molar-refractivity contribution in [3.8, 4) is 16.9 Å². The molecule has 1 atom stereocenters. The van der Waals surface area contributed by atoms with Gasteiger partial charge in [0.15, 0.2) is 0 Å². The third-order valence-electron chi connectivity index (χ3n) is 6.43. The van der Waals surface area contributed by atoms with E-state index in [0.717, 1.165) is 28.0 Å². The SMILES string of the molecule is C=C/C=C(\C=C/CCl)CN(C)C(=O)C1(C)CCN1C(=O)Cc1ccc(-c2ccc(OC)cc2)cc1. The van der Waals surface area contributed by atoms with Crippen LogP contribution in [0.25, 0.3) is 11.1 Å². The number of carbonyl (C=O) groups is 2. The zero-order chi connectivity index (χ0) is 25.4.